The smallest absolute Gasteiger partial charge is 0.149 e. The lowest BCUT2D eigenvalue weighted by atomic mass is 10.0. The molecule has 0 fully saturated rings. The predicted octanol–water partition coefficient (Wildman–Crippen LogP) is 5.35. The number of hydrogen-bond donors (Lipinski definition) is 0. The van der Waals surface area contributed by atoms with E-state index in [0.29, 0.717) is 15.9 Å². The third kappa shape index (κ3) is 2.09. The van der Waals surface area contributed by atoms with Crippen LogP contribution in [0.4, 0.5) is 0 Å². The largest absolute Gasteiger partial charge is 0.235 e. The summed E-state index contributed by atoms with van der Waals surface area (Å²) in [6.07, 6.45) is 4.48. The SMILES string of the molecule is Clc1nc2c(c(Br)c1Cl)C(Cl)(Br)CC=C2. The number of aromatic nitrogens is 1. The molecule has 0 saturated carbocycles. The van der Waals surface area contributed by atoms with Crippen molar-refractivity contribution in [2.75, 3.05) is 0 Å². The lowest BCUT2D eigenvalue weighted by Gasteiger charge is -2.26. The molecule has 0 N–H and O–H groups in total. The molecule has 1 heterocycles. The highest BCUT2D eigenvalue weighted by molar-refractivity contribution is 9.11. The van der Waals surface area contributed by atoms with Crippen molar-refractivity contribution >= 4 is 72.7 Å². The molecule has 0 radical (unpaired) electrons. The Labute approximate surface area is 119 Å². The van der Waals surface area contributed by atoms with Gasteiger partial charge >= 0.3 is 0 Å². The van der Waals surface area contributed by atoms with E-state index in [0.717, 1.165) is 11.3 Å². The van der Waals surface area contributed by atoms with Crippen LogP contribution in [-0.2, 0) is 3.78 Å². The second-order valence-electron chi connectivity index (χ2n) is 3.10. The van der Waals surface area contributed by atoms with Gasteiger partial charge in [-0.15, -0.1) is 11.6 Å². The Bertz CT molecular complexity index is 457. The molecule has 1 aliphatic rings. The van der Waals surface area contributed by atoms with Gasteiger partial charge in [0.15, 0.2) is 0 Å². The molecule has 1 atom stereocenters. The minimum Gasteiger partial charge on any atom is -0.235 e. The molecule has 0 aromatic carbocycles. The van der Waals surface area contributed by atoms with E-state index in [-0.39, 0.29) is 5.15 Å². The molecule has 80 valence electrons. The van der Waals surface area contributed by atoms with Crippen molar-refractivity contribution in [3.63, 3.8) is 0 Å². The maximum absolute atomic E-state index is 6.33. The summed E-state index contributed by atoms with van der Waals surface area (Å²) in [6.45, 7) is 0. The van der Waals surface area contributed by atoms with Crippen LogP contribution in [0.5, 0.6) is 0 Å². The third-order valence-corrected chi connectivity index (χ3v) is 4.91. The van der Waals surface area contributed by atoms with Crippen LogP contribution in [0, 0.1) is 0 Å². The fourth-order valence-corrected chi connectivity index (χ4v) is 3.83. The number of pyridine rings is 1. The van der Waals surface area contributed by atoms with Crippen LogP contribution >= 0.6 is 66.7 Å². The van der Waals surface area contributed by atoms with Gasteiger partial charge in [0.2, 0.25) is 0 Å². The van der Waals surface area contributed by atoms with Gasteiger partial charge in [0.1, 0.15) is 8.94 Å². The fourth-order valence-electron chi connectivity index (χ4n) is 1.41. The van der Waals surface area contributed by atoms with Crippen LogP contribution < -0.4 is 0 Å². The number of halogens is 5. The van der Waals surface area contributed by atoms with Crippen LogP contribution in [-0.4, -0.2) is 4.98 Å². The molecule has 15 heavy (non-hydrogen) atoms. The third-order valence-electron chi connectivity index (χ3n) is 2.08. The Hall–Kier alpha value is 0.720. The first-order valence-electron chi connectivity index (χ1n) is 4.03. The maximum Gasteiger partial charge on any atom is 0.149 e. The van der Waals surface area contributed by atoms with Gasteiger partial charge in [0.25, 0.3) is 0 Å². The van der Waals surface area contributed by atoms with Gasteiger partial charge in [0.05, 0.1) is 10.7 Å². The van der Waals surface area contributed by atoms with Crippen LogP contribution in [0.1, 0.15) is 17.7 Å². The number of fused-ring (bicyclic) bond motifs is 1. The van der Waals surface area contributed by atoms with Gasteiger partial charge in [-0.25, -0.2) is 4.98 Å². The summed E-state index contributed by atoms with van der Waals surface area (Å²) in [4.78, 5) is 4.17. The minimum absolute atomic E-state index is 0.272. The van der Waals surface area contributed by atoms with E-state index in [1.807, 2.05) is 12.2 Å². The zero-order valence-electron chi connectivity index (χ0n) is 7.20. The summed E-state index contributed by atoms with van der Waals surface area (Å²) in [6, 6.07) is 0. The summed E-state index contributed by atoms with van der Waals surface area (Å²) in [5.74, 6) is 0. The Morgan fingerprint density at radius 1 is 1.40 bits per heavy atom. The fraction of sp³-hybridized carbons (Fsp3) is 0.222. The van der Waals surface area contributed by atoms with Crippen LogP contribution in [0.2, 0.25) is 10.2 Å². The molecule has 1 aromatic rings. The number of hydrogen-bond acceptors (Lipinski definition) is 1. The van der Waals surface area contributed by atoms with E-state index < -0.39 is 3.78 Å². The highest BCUT2D eigenvalue weighted by Crippen LogP contribution is 2.49. The van der Waals surface area contributed by atoms with Crippen molar-refractivity contribution in [3.8, 4) is 0 Å². The molecule has 2 rings (SSSR count). The molecule has 0 spiro atoms. The van der Waals surface area contributed by atoms with Crippen molar-refractivity contribution in [1.82, 2.24) is 4.98 Å². The Balaban J connectivity index is 2.78. The molecule has 6 heteroatoms. The van der Waals surface area contributed by atoms with Crippen molar-refractivity contribution in [2.24, 2.45) is 0 Å². The van der Waals surface area contributed by atoms with E-state index >= 15 is 0 Å². The Morgan fingerprint density at radius 2 is 2.07 bits per heavy atom. The number of rotatable bonds is 0. The minimum atomic E-state index is -0.669. The quantitative estimate of drug-likeness (QED) is 0.428. The predicted molar refractivity (Wildman–Crippen MR) is 72.1 cm³/mol. The summed E-state index contributed by atoms with van der Waals surface area (Å²) < 4.78 is 0.0207. The molecule has 1 unspecified atom stereocenters. The lowest BCUT2D eigenvalue weighted by Crippen LogP contribution is -2.15. The van der Waals surface area contributed by atoms with E-state index in [1.165, 1.54) is 0 Å². The van der Waals surface area contributed by atoms with Gasteiger partial charge in [-0.1, -0.05) is 45.2 Å². The van der Waals surface area contributed by atoms with Gasteiger partial charge in [0, 0.05) is 10.0 Å². The summed E-state index contributed by atoms with van der Waals surface area (Å²) in [5.41, 5.74) is 1.55. The van der Waals surface area contributed by atoms with Crippen molar-refractivity contribution in [2.45, 2.75) is 10.2 Å². The highest BCUT2D eigenvalue weighted by atomic mass is 79.9. The van der Waals surface area contributed by atoms with E-state index in [9.17, 15) is 0 Å². The average molecular weight is 392 g/mol. The van der Waals surface area contributed by atoms with E-state index in [1.54, 1.807) is 0 Å². The average Bonchev–Trinajstić information content (AvgIpc) is 2.12. The van der Waals surface area contributed by atoms with Gasteiger partial charge in [-0.3, -0.25) is 0 Å². The van der Waals surface area contributed by atoms with Crippen molar-refractivity contribution in [3.05, 3.63) is 32.0 Å². The number of alkyl halides is 2. The molecule has 0 amide bonds. The topological polar surface area (TPSA) is 12.9 Å². The second kappa shape index (κ2) is 4.19. The molecular weight excluding hydrogens is 388 g/mol. The first-order valence-corrected chi connectivity index (χ1v) is 6.75. The second-order valence-corrected chi connectivity index (χ2v) is 7.09. The molecule has 1 nitrogen and oxygen atoms in total. The number of nitrogens with zero attached hydrogens (tertiary/aromatic N) is 1. The Kier molecular flexibility index (Phi) is 3.40. The van der Waals surface area contributed by atoms with E-state index in [4.69, 9.17) is 34.8 Å². The van der Waals surface area contributed by atoms with Crippen LogP contribution in [0.25, 0.3) is 6.08 Å². The first-order chi connectivity index (χ1) is 6.93. The molecular formula is C9H4Br2Cl3N. The first kappa shape index (κ1) is 12.2. The molecule has 0 saturated heterocycles. The van der Waals surface area contributed by atoms with Crippen molar-refractivity contribution in [1.29, 1.82) is 0 Å². The molecule has 1 aromatic heterocycles. The highest BCUT2D eigenvalue weighted by Gasteiger charge is 2.34. The molecule has 0 bridgehead atoms. The van der Waals surface area contributed by atoms with Gasteiger partial charge in [-0.2, -0.15) is 0 Å². The maximum atomic E-state index is 6.33. The zero-order chi connectivity index (χ0) is 11.2. The summed E-state index contributed by atoms with van der Waals surface area (Å²) >= 11 is 25.0. The lowest BCUT2D eigenvalue weighted by molar-refractivity contribution is 0.867. The standard InChI is InChI=1S/C9H4Br2Cl3N/c10-6-5-4(15-8(13)7(6)12)2-1-3-9(5,11)14/h1-2H,3H2. The van der Waals surface area contributed by atoms with Gasteiger partial charge in [-0.05, 0) is 28.4 Å². The molecule has 0 aliphatic heterocycles. The zero-order valence-corrected chi connectivity index (χ0v) is 12.6. The summed E-state index contributed by atoms with van der Waals surface area (Å²) in [5, 5.41) is 0.656. The van der Waals surface area contributed by atoms with Gasteiger partial charge < -0.3 is 0 Å². The molecule has 1 aliphatic carbocycles. The van der Waals surface area contributed by atoms with Crippen LogP contribution in [0.3, 0.4) is 0 Å². The van der Waals surface area contributed by atoms with Crippen LogP contribution in [0.15, 0.2) is 10.5 Å². The van der Waals surface area contributed by atoms with Crippen molar-refractivity contribution < 1.29 is 0 Å². The number of allylic oxidation sites excluding steroid dienone is 1. The Morgan fingerprint density at radius 3 is 2.73 bits per heavy atom. The monoisotopic (exact) mass is 389 g/mol. The van der Waals surface area contributed by atoms with E-state index in [2.05, 4.69) is 36.8 Å². The normalized spacial score (nSPS) is 24.1. The summed E-state index contributed by atoms with van der Waals surface area (Å²) in [7, 11) is 0.